The van der Waals surface area contributed by atoms with Crippen LogP contribution in [-0.4, -0.2) is 50.7 Å². The molecule has 2 aromatic rings. The molecule has 7 heteroatoms. The summed E-state index contributed by atoms with van der Waals surface area (Å²) in [5.74, 6) is -0.292. The van der Waals surface area contributed by atoms with Crippen molar-refractivity contribution in [3.05, 3.63) is 76.2 Å². The number of thioether (sulfide) groups is 1. The highest BCUT2D eigenvalue weighted by atomic mass is 32.2. The second kappa shape index (κ2) is 10.5. The maximum atomic E-state index is 12.8. The molecule has 1 saturated heterocycles. The predicted molar refractivity (Wildman–Crippen MR) is 125 cm³/mol. The molecule has 1 aliphatic rings. The molecule has 0 atom stereocenters. The number of aryl methyl sites for hydroxylation is 1. The summed E-state index contributed by atoms with van der Waals surface area (Å²) in [5, 5.41) is 9.33. The van der Waals surface area contributed by atoms with Crippen LogP contribution in [0.1, 0.15) is 23.1 Å². The quantitative estimate of drug-likeness (QED) is 0.502. The Labute approximate surface area is 186 Å². The van der Waals surface area contributed by atoms with Gasteiger partial charge in [0.05, 0.1) is 11.5 Å². The molecule has 3 rings (SSSR count). The largest absolute Gasteiger partial charge is 0.395 e. The van der Waals surface area contributed by atoms with Gasteiger partial charge in [-0.2, -0.15) is 0 Å². The normalized spacial score (nSPS) is 15.1. The molecule has 0 saturated carbocycles. The first-order valence-electron chi connectivity index (χ1n) is 9.72. The maximum Gasteiger partial charge on any atom is 0.266 e. The Kier molecular flexibility index (Phi) is 7.79. The van der Waals surface area contributed by atoms with Gasteiger partial charge in [-0.3, -0.25) is 14.5 Å². The van der Waals surface area contributed by atoms with Crippen molar-refractivity contribution in [3.8, 4) is 0 Å². The van der Waals surface area contributed by atoms with Crippen LogP contribution in [0.5, 0.6) is 0 Å². The van der Waals surface area contributed by atoms with Gasteiger partial charge in [0.1, 0.15) is 4.32 Å². The summed E-state index contributed by atoms with van der Waals surface area (Å²) in [4.78, 5) is 29.1. The molecule has 0 aliphatic carbocycles. The fourth-order valence-corrected chi connectivity index (χ4v) is 4.40. The van der Waals surface area contributed by atoms with E-state index >= 15 is 0 Å². The monoisotopic (exact) mass is 440 g/mol. The standard InChI is InChI=1S/C23H24N2O3S2/c1-17-7-9-18(10-8-17)15-20-22(28)25(23(29)30-20)12-11-21(27)24(13-14-26)16-19-5-3-2-4-6-19/h2-10,15,26H,11-14,16H2,1H3/b20-15-. The smallest absolute Gasteiger partial charge is 0.266 e. The summed E-state index contributed by atoms with van der Waals surface area (Å²) in [6.07, 6.45) is 1.98. The van der Waals surface area contributed by atoms with Crippen LogP contribution in [0.2, 0.25) is 0 Å². The summed E-state index contributed by atoms with van der Waals surface area (Å²) in [6, 6.07) is 17.5. The van der Waals surface area contributed by atoms with E-state index in [4.69, 9.17) is 12.2 Å². The number of thiocarbonyl (C=S) groups is 1. The third kappa shape index (κ3) is 5.78. The number of carbonyl (C=O) groups is 2. The molecule has 0 spiro atoms. The molecule has 2 aromatic carbocycles. The minimum absolute atomic E-state index is 0.112. The van der Waals surface area contributed by atoms with Crippen LogP contribution in [0.3, 0.4) is 0 Å². The third-order valence-electron chi connectivity index (χ3n) is 4.74. The Bertz CT molecular complexity index is 943. The van der Waals surface area contributed by atoms with E-state index in [9.17, 15) is 14.7 Å². The van der Waals surface area contributed by atoms with E-state index in [1.165, 1.54) is 16.7 Å². The Morgan fingerprint density at radius 3 is 2.53 bits per heavy atom. The van der Waals surface area contributed by atoms with E-state index in [2.05, 4.69) is 0 Å². The molecule has 0 radical (unpaired) electrons. The average molecular weight is 441 g/mol. The van der Waals surface area contributed by atoms with Gasteiger partial charge in [-0.25, -0.2) is 0 Å². The summed E-state index contributed by atoms with van der Waals surface area (Å²) in [6.45, 7) is 2.80. The molecule has 2 amide bonds. The average Bonchev–Trinajstić information content (AvgIpc) is 3.01. The minimum Gasteiger partial charge on any atom is -0.395 e. The lowest BCUT2D eigenvalue weighted by molar-refractivity contribution is -0.132. The van der Waals surface area contributed by atoms with Crippen molar-refractivity contribution < 1.29 is 14.7 Å². The fourth-order valence-electron chi connectivity index (χ4n) is 3.09. The Morgan fingerprint density at radius 1 is 1.17 bits per heavy atom. The number of nitrogens with zero attached hydrogens (tertiary/aromatic N) is 2. The second-order valence-corrected chi connectivity index (χ2v) is 8.69. The lowest BCUT2D eigenvalue weighted by Gasteiger charge is -2.23. The Hall–Kier alpha value is -2.48. The van der Waals surface area contributed by atoms with E-state index in [-0.39, 0.29) is 37.9 Å². The van der Waals surface area contributed by atoms with Gasteiger partial charge in [0.25, 0.3) is 5.91 Å². The lowest BCUT2D eigenvalue weighted by atomic mass is 10.1. The van der Waals surface area contributed by atoms with Crippen LogP contribution < -0.4 is 0 Å². The number of aliphatic hydroxyl groups excluding tert-OH is 1. The number of amides is 2. The summed E-state index contributed by atoms with van der Waals surface area (Å²) in [5.41, 5.74) is 3.08. The van der Waals surface area contributed by atoms with Crippen molar-refractivity contribution in [1.29, 1.82) is 0 Å². The van der Waals surface area contributed by atoms with Crippen molar-refractivity contribution in [3.63, 3.8) is 0 Å². The highest BCUT2D eigenvalue weighted by Gasteiger charge is 2.32. The highest BCUT2D eigenvalue weighted by molar-refractivity contribution is 8.26. The first-order chi connectivity index (χ1) is 14.5. The van der Waals surface area contributed by atoms with E-state index in [0.717, 1.165) is 16.7 Å². The van der Waals surface area contributed by atoms with Gasteiger partial charge in [0.2, 0.25) is 5.91 Å². The van der Waals surface area contributed by atoms with Crippen molar-refractivity contribution in [2.45, 2.75) is 19.9 Å². The van der Waals surface area contributed by atoms with E-state index in [1.54, 1.807) is 4.90 Å². The lowest BCUT2D eigenvalue weighted by Crippen LogP contribution is -2.37. The predicted octanol–water partition coefficient (Wildman–Crippen LogP) is 3.61. The number of rotatable bonds is 8. The first-order valence-corrected chi connectivity index (χ1v) is 10.9. The van der Waals surface area contributed by atoms with Gasteiger partial charge in [0.15, 0.2) is 0 Å². The van der Waals surface area contributed by atoms with Gasteiger partial charge in [0, 0.05) is 26.1 Å². The maximum absolute atomic E-state index is 12.8. The van der Waals surface area contributed by atoms with Gasteiger partial charge in [-0.15, -0.1) is 0 Å². The molecule has 1 fully saturated rings. The van der Waals surface area contributed by atoms with Crippen molar-refractivity contribution in [2.24, 2.45) is 0 Å². The number of hydrogen-bond donors (Lipinski definition) is 1. The van der Waals surface area contributed by atoms with Crippen LogP contribution in [-0.2, 0) is 16.1 Å². The summed E-state index contributed by atoms with van der Waals surface area (Å²) < 4.78 is 0.461. The topological polar surface area (TPSA) is 60.9 Å². The van der Waals surface area contributed by atoms with Crippen LogP contribution in [0.15, 0.2) is 59.5 Å². The molecule has 156 valence electrons. The number of benzene rings is 2. The van der Waals surface area contributed by atoms with Crippen LogP contribution in [0.4, 0.5) is 0 Å². The summed E-state index contributed by atoms with van der Waals surface area (Å²) >= 11 is 6.63. The molecule has 0 bridgehead atoms. The number of carbonyl (C=O) groups excluding carboxylic acids is 2. The number of aliphatic hydroxyl groups is 1. The van der Waals surface area contributed by atoms with E-state index < -0.39 is 0 Å². The Morgan fingerprint density at radius 2 is 1.87 bits per heavy atom. The summed E-state index contributed by atoms with van der Waals surface area (Å²) in [7, 11) is 0. The molecule has 5 nitrogen and oxygen atoms in total. The molecule has 0 aromatic heterocycles. The zero-order chi connectivity index (χ0) is 21.5. The second-order valence-electron chi connectivity index (χ2n) is 7.02. The molecular weight excluding hydrogens is 416 g/mol. The molecular formula is C23H24N2O3S2. The highest BCUT2D eigenvalue weighted by Crippen LogP contribution is 2.32. The number of hydrogen-bond acceptors (Lipinski definition) is 5. The first kappa shape index (κ1) is 22.2. The van der Waals surface area contributed by atoms with Gasteiger partial charge < -0.3 is 10.0 Å². The molecule has 30 heavy (non-hydrogen) atoms. The van der Waals surface area contributed by atoms with Gasteiger partial charge in [-0.1, -0.05) is 84.1 Å². The zero-order valence-electron chi connectivity index (χ0n) is 16.8. The molecule has 0 unspecified atom stereocenters. The van der Waals surface area contributed by atoms with Gasteiger partial charge in [-0.05, 0) is 24.1 Å². The molecule has 1 N–H and O–H groups in total. The fraction of sp³-hybridized carbons (Fsp3) is 0.261. The zero-order valence-corrected chi connectivity index (χ0v) is 18.4. The van der Waals surface area contributed by atoms with E-state index in [0.29, 0.717) is 15.8 Å². The minimum atomic E-state index is -0.171. The van der Waals surface area contributed by atoms with Crippen LogP contribution in [0, 0.1) is 6.92 Å². The van der Waals surface area contributed by atoms with Crippen LogP contribution >= 0.6 is 24.0 Å². The third-order valence-corrected chi connectivity index (χ3v) is 6.11. The Balaban J connectivity index is 1.62. The van der Waals surface area contributed by atoms with E-state index in [1.807, 2.05) is 67.6 Å². The van der Waals surface area contributed by atoms with Gasteiger partial charge >= 0.3 is 0 Å². The van der Waals surface area contributed by atoms with Crippen LogP contribution in [0.25, 0.3) is 6.08 Å². The van der Waals surface area contributed by atoms with Crippen molar-refractivity contribution in [1.82, 2.24) is 9.80 Å². The molecule has 1 aliphatic heterocycles. The van der Waals surface area contributed by atoms with Crippen molar-refractivity contribution >= 4 is 46.2 Å². The SMILES string of the molecule is Cc1ccc(/C=C2\SC(=S)N(CCC(=O)N(CCO)Cc3ccccc3)C2=O)cc1. The molecule has 1 heterocycles. The van der Waals surface area contributed by atoms with Crippen molar-refractivity contribution in [2.75, 3.05) is 19.7 Å².